The van der Waals surface area contributed by atoms with Gasteiger partial charge in [-0.3, -0.25) is 0 Å². The number of benzene rings is 2. The van der Waals surface area contributed by atoms with E-state index in [2.05, 4.69) is 15.9 Å². The van der Waals surface area contributed by atoms with E-state index in [1.807, 2.05) is 6.07 Å². The molecule has 1 aliphatic heterocycles. The molecule has 0 fully saturated rings. The Balaban J connectivity index is 1.93. The summed E-state index contributed by atoms with van der Waals surface area (Å²) in [6, 6.07) is 13.9. The zero-order valence-corrected chi connectivity index (χ0v) is 14.3. The Morgan fingerprint density at radius 3 is 2.62 bits per heavy atom. The minimum absolute atomic E-state index is 0.0730. The molecule has 0 N–H and O–H groups in total. The Morgan fingerprint density at radius 1 is 1.17 bits per heavy atom. The maximum atomic E-state index is 12.5. The summed E-state index contributed by atoms with van der Waals surface area (Å²) in [6.07, 6.45) is 0. The van der Waals surface area contributed by atoms with E-state index in [0.29, 0.717) is 21.3 Å². The largest absolute Gasteiger partial charge is 0.497 e. The number of hydrogen-bond acceptors (Lipinski definition) is 5. The summed E-state index contributed by atoms with van der Waals surface area (Å²) in [6.45, 7) is -0.0730. The smallest absolute Gasteiger partial charge is 0.344 e. The van der Waals surface area contributed by atoms with E-state index in [1.54, 1.807) is 42.5 Å². The first-order chi connectivity index (χ1) is 11.6. The molecule has 1 heterocycles. The molecule has 6 heteroatoms. The van der Waals surface area contributed by atoms with Crippen LogP contribution in [0.3, 0.4) is 0 Å². The third kappa shape index (κ3) is 3.19. The molecule has 0 aromatic heterocycles. The summed E-state index contributed by atoms with van der Waals surface area (Å²) < 4.78 is 16.1. The van der Waals surface area contributed by atoms with Crippen LogP contribution in [0.5, 0.6) is 5.75 Å². The summed E-state index contributed by atoms with van der Waals surface area (Å²) in [5, 5.41) is 0. The van der Waals surface area contributed by atoms with Gasteiger partial charge in [-0.05, 0) is 39.7 Å². The van der Waals surface area contributed by atoms with Crippen LogP contribution < -0.4 is 4.74 Å². The van der Waals surface area contributed by atoms with E-state index in [9.17, 15) is 9.59 Å². The molecule has 0 bridgehead atoms. The second kappa shape index (κ2) is 6.88. The molecule has 0 saturated carbocycles. The SMILES string of the molecule is COc1ccc(Br)c(C(=O)OC2=C(c3ccccc3)C(=O)OC2)c1. The first-order valence-corrected chi connectivity index (χ1v) is 7.91. The minimum Gasteiger partial charge on any atom is -0.497 e. The van der Waals surface area contributed by atoms with Gasteiger partial charge in [0.05, 0.1) is 12.7 Å². The average Bonchev–Trinajstić information content (AvgIpc) is 2.96. The minimum atomic E-state index is -0.595. The number of halogens is 1. The van der Waals surface area contributed by atoms with Gasteiger partial charge in [0.25, 0.3) is 0 Å². The first kappa shape index (κ1) is 16.3. The van der Waals surface area contributed by atoms with Gasteiger partial charge >= 0.3 is 11.9 Å². The first-order valence-electron chi connectivity index (χ1n) is 7.11. The fourth-order valence-corrected chi connectivity index (χ4v) is 2.72. The van der Waals surface area contributed by atoms with E-state index in [0.717, 1.165) is 0 Å². The molecule has 24 heavy (non-hydrogen) atoms. The zero-order chi connectivity index (χ0) is 17.1. The normalized spacial score (nSPS) is 13.7. The molecule has 122 valence electrons. The Bertz CT molecular complexity index is 827. The lowest BCUT2D eigenvalue weighted by atomic mass is 10.1. The molecule has 1 aliphatic rings. The molecule has 0 amide bonds. The van der Waals surface area contributed by atoms with E-state index in [-0.39, 0.29) is 17.9 Å². The van der Waals surface area contributed by atoms with Gasteiger partial charge in [-0.2, -0.15) is 0 Å². The zero-order valence-electron chi connectivity index (χ0n) is 12.7. The van der Waals surface area contributed by atoms with Gasteiger partial charge in [-0.1, -0.05) is 30.3 Å². The maximum Gasteiger partial charge on any atom is 0.344 e. The molecular formula is C18H13BrO5. The third-order valence-electron chi connectivity index (χ3n) is 3.49. The fraction of sp³-hybridized carbons (Fsp3) is 0.111. The molecule has 0 saturated heterocycles. The third-order valence-corrected chi connectivity index (χ3v) is 4.18. The van der Waals surface area contributed by atoms with Gasteiger partial charge in [0, 0.05) is 4.47 Å². The predicted octanol–water partition coefficient (Wildman–Crippen LogP) is 3.58. The highest BCUT2D eigenvalue weighted by atomic mass is 79.9. The molecule has 3 rings (SSSR count). The second-order valence-corrected chi connectivity index (χ2v) is 5.83. The summed E-state index contributed by atoms with van der Waals surface area (Å²) >= 11 is 3.31. The van der Waals surface area contributed by atoms with E-state index < -0.39 is 11.9 Å². The maximum absolute atomic E-state index is 12.5. The average molecular weight is 389 g/mol. The van der Waals surface area contributed by atoms with Crippen molar-refractivity contribution in [2.45, 2.75) is 0 Å². The van der Waals surface area contributed by atoms with Gasteiger partial charge in [-0.15, -0.1) is 0 Å². The number of esters is 2. The quantitative estimate of drug-likeness (QED) is 0.749. The second-order valence-electron chi connectivity index (χ2n) is 4.98. The van der Waals surface area contributed by atoms with Gasteiger partial charge < -0.3 is 14.2 Å². The van der Waals surface area contributed by atoms with Crippen LogP contribution >= 0.6 is 15.9 Å². The number of ether oxygens (including phenoxy) is 3. The molecule has 2 aromatic carbocycles. The number of rotatable bonds is 4. The fourth-order valence-electron chi connectivity index (χ4n) is 2.31. The Morgan fingerprint density at radius 2 is 1.92 bits per heavy atom. The van der Waals surface area contributed by atoms with Crippen LogP contribution in [0.15, 0.2) is 58.8 Å². The van der Waals surface area contributed by atoms with Crippen LogP contribution in [0.4, 0.5) is 0 Å². The molecule has 5 nitrogen and oxygen atoms in total. The van der Waals surface area contributed by atoms with Crippen molar-refractivity contribution in [2.75, 3.05) is 13.7 Å². The predicted molar refractivity (Wildman–Crippen MR) is 90.4 cm³/mol. The van der Waals surface area contributed by atoms with Crippen molar-refractivity contribution >= 4 is 33.4 Å². The molecule has 0 atom stereocenters. The molecular weight excluding hydrogens is 376 g/mol. The van der Waals surface area contributed by atoms with Gasteiger partial charge in [0.1, 0.15) is 11.3 Å². The van der Waals surface area contributed by atoms with Crippen molar-refractivity contribution < 1.29 is 23.8 Å². The molecule has 0 radical (unpaired) electrons. The van der Waals surface area contributed by atoms with Crippen LogP contribution in [-0.2, 0) is 14.3 Å². The van der Waals surface area contributed by atoms with Crippen LogP contribution in [0.2, 0.25) is 0 Å². The number of cyclic esters (lactones) is 1. The molecule has 0 unspecified atom stereocenters. The summed E-state index contributed by atoms with van der Waals surface area (Å²) in [5.74, 6) is -0.372. The lowest BCUT2D eigenvalue weighted by molar-refractivity contribution is -0.134. The van der Waals surface area contributed by atoms with Crippen molar-refractivity contribution in [1.82, 2.24) is 0 Å². The van der Waals surface area contributed by atoms with Crippen molar-refractivity contribution in [2.24, 2.45) is 0 Å². The van der Waals surface area contributed by atoms with Crippen molar-refractivity contribution in [3.8, 4) is 5.75 Å². The summed E-state index contributed by atoms with van der Waals surface area (Å²) in [7, 11) is 1.51. The number of hydrogen-bond donors (Lipinski definition) is 0. The highest BCUT2D eigenvalue weighted by Crippen LogP contribution is 2.29. The van der Waals surface area contributed by atoms with Crippen molar-refractivity contribution in [1.29, 1.82) is 0 Å². The number of carbonyl (C=O) groups is 2. The molecule has 2 aromatic rings. The Kier molecular flexibility index (Phi) is 4.66. The standard InChI is InChI=1S/C18H13BrO5/c1-22-12-7-8-14(19)13(9-12)17(20)24-15-10-23-18(21)16(15)11-5-3-2-4-6-11/h2-9H,10H2,1H3. The van der Waals surface area contributed by atoms with Crippen molar-refractivity contribution in [3.05, 3.63) is 69.9 Å². The summed E-state index contributed by atoms with van der Waals surface area (Å²) in [5.41, 5.74) is 1.21. The highest BCUT2D eigenvalue weighted by Gasteiger charge is 2.30. The lowest BCUT2D eigenvalue weighted by Crippen LogP contribution is -2.08. The summed E-state index contributed by atoms with van der Waals surface area (Å²) in [4.78, 5) is 24.4. The lowest BCUT2D eigenvalue weighted by Gasteiger charge is -2.09. The van der Waals surface area contributed by atoms with Crippen LogP contribution in [0.25, 0.3) is 5.57 Å². The topological polar surface area (TPSA) is 61.8 Å². The van der Waals surface area contributed by atoms with Gasteiger partial charge in [0.2, 0.25) is 0 Å². The Labute approximate surface area is 147 Å². The number of carbonyl (C=O) groups excluding carboxylic acids is 2. The van der Waals surface area contributed by atoms with Crippen LogP contribution in [-0.4, -0.2) is 25.7 Å². The number of methoxy groups -OCH3 is 1. The monoisotopic (exact) mass is 388 g/mol. The molecule has 0 spiro atoms. The molecule has 0 aliphatic carbocycles. The van der Waals surface area contributed by atoms with E-state index in [1.165, 1.54) is 7.11 Å². The van der Waals surface area contributed by atoms with Crippen molar-refractivity contribution in [3.63, 3.8) is 0 Å². The van der Waals surface area contributed by atoms with Crippen LogP contribution in [0, 0.1) is 0 Å². The van der Waals surface area contributed by atoms with E-state index >= 15 is 0 Å². The van der Waals surface area contributed by atoms with E-state index in [4.69, 9.17) is 14.2 Å². The van der Waals surface area contributed by atoms with Gasteiger partial charge in [0.15, 0.2) is 12.4 Å². The van der Waals surface area contributed by atoms with Gasteiger partial charge in [-0.25, -0.2) is 9.59 Å². The van der Waals surface area contributed by atoms with Crippen LogP contribution in [0.1, 0.15) is 15.9 Å². The Hall–Kier alpha value is -2.60. The highest BCUT2D eigenvalue weighted by molar-refractivity contribution is 9.10.